The van der Waals surface area contributed by atoms with Gasteiger partial charge in [-0.15, -0.1) is 0 Å². The molecule has 0 saturated heterocycles. The molecular formula is C33H29NO2. The van der Waals surface area contributed by atoms with Crippen molar-refractivity contribution in [2.45, 2.75) is 13.8 Å². The quantitative estimate of drug-likeness (QED) is 0.202. The molecule has 0 aliphatic rings. The Balaban J connectivity index is 2.01. The molecule has 0 fully saturated rings. The molecule has 0 aliphatic carbocycles. The van der Waals surface area contributed by atoms with E-state index in [9.17, 15) is 5.26 Å². The molecule has 3 heteroatoms. The minimum absolute atomic E-state index is 0.721. The standard InChI is InChI=1S/C33H29NO2/c1-23(22-34)24(2)25-10-12-27(13-11-25)32(26-8-6-5-7-9-26)33(28-14-18-30(35-3)19-15-28)29-16-20-31(36-4)21-17-29/h5-21H,1-4H3/b24-23-. The molecule has 0 aromatic heterocycles. The highest BCUT2D eigenvalue weighted by Crippen LogP contribution is 2.38. The van der Waals surface area contributed by atoms with Gasteiger partial charge in [-0.25, -0.2) is 0 Å². The molecule has 3 nitrogen and oxygen atoms in total. The summed E-state index contributed by atoms with van der Waals surface area (Å²) in [5, 5.41) is 9.32. The molecule has 0 radical (unpaired) electrons. The third kappa shape index (κ3) is 5.24. The second kappa shape index (κ2) is 11.3. The van der Waals surface area contributed by atoms with E-state index in [0.717, 1.165) is 61.6 Å². The molecule has 0 bridgehead atoms. The van der Waals surface area contributed by atoms with E-state index < -0.39 is 0 Å². The number of allylic oxidation sites excluding steroid dienone is 2. The maximum Gasteiger partial charge on any atom is 0.118 e. The Kier molecular flexibility index (Phi) is 7.68. The molecule has 178 valence electrons. The molecule has 0 amide bonds. The first kappa shape index (κ1) is 24.6. The number of hydrogen-bond acceptors (Lipinski definition) is 3. The van der Waals surface area contributed by atoms with Crippen LogP contribution < -0.4 is 9.47 Å². The predicted octanol–water partition coefficient (Wildman–Crippen LogP) is 8.03. The first-order valence-corrected chi connectivity index (χ1v) is 11.8. The molecular weight excluding hydrogens is 442 g/mol. The number of nitriles is 1. The van der Waals surface area contributed by atoms with Crippen LogP contribution in [0.25, 0.3) is 16.7 Å². The van der Waals surface area contributed by atoms with Crippen molar-refractivity contribution in [3.63, 3.8) is 0 Å². The van der Waals surface area contributed by atoms with Crippen LogP contribution in [-0.2, 0) is 0 Å². The summed E-state index contributed by atoms with van der Waals surface area (Å²) in [5.41, 5.74) is 9.36. The highest BCUT2D eigenvalue weighted by molar-refractivity contribution is 6.04. The van der Waals surface area contributed by atoms with Crippen molar-refractivity contribution in [2.75, 3.05) is 14.2 Å². The Hall–Kier alpha value is -4.55. The van der Waals surface area contributed by atoms with Crippen LogP contribution in [0, 0.1) is 11.3 Å². The average Bonchev–Trinajstić information content (AvgIpc) is 2.96. The number of benzene rings is 4. The summed E-state index contributed by atoms with van der Waals surface area (Å²) >= 11 is 0. The fraction of sp³-hybridized carbons (Fsp3) is 0.121. The Bertz CT molecular complexity index is 1370. The number of methoxy groups -OCH3 is 2. The summed E-state index contributed by atoms with van der Waals surface area (Å²) in [6.45, 7) is 3.84. The first-order valence-electron chi connectivity index (χ1n) is 11.8. The molecule has 0 saturated carbocycles. The monoisotopic (exact) mass is 471 g/mol. The van der Waals surface area contributed by atoms with Gasteiger partial charge >= 0.3 is 0 Å². The van der Waals surface area contributed by atoms with Gasteiger partial charge < -0.3 is 9.47 Å². The summed E-state index contributed by atoms with van der Waals surface area (Å²) in [7, 11) is 3.35. The largest absolute Gasteiger partial charge is 0.497 e. The summed E-state index contributed by atoms with van der Waals surface area (Å²) in [5.74, 6) is 1.63. The van der Waals surface area contributed by atoms with Gasteiger partial charge in [0.05, 0.1) is 20.3 Å². The lowest BCUT2D eigenvalue weighted by molar-refractivity contribution is 0.414. The maximum atomic E-state index is 9.32. The Labute approximate surface area is 213 Å². The lowest BCUT2D eigenvalue weighted by Crippen LogP contribution is -1.98. The average molecular weight is 472 g/mol. The van der Waals surface area contributed by atoms with Crippen molar-refractivity contribution >= 4 is 16.7 Å². The SMILES string of the molecule is COc1ccc(C(=C(c2ccccc2)c2ccc(/C(C)=C(/C)C#N)cc2)c2ccc(OC)cc2)cc1. The second-order valence-corrected chi connectivity index (χ2v) is 8.51. The first-order chi connectivity index (χ1) is 17.5. The Morgan fingerprint density at radius 3 is 1.28 bits per heavy atom. The second-order valence-electron chi connectivity index (χ2n) is 8.51. The van der Waals surface area contributed by atoms with E-state index in [1.54, 1.807) is 14.2 Å². The number of nitrogens with zero attached hydrogens (tertiary/aromatic N) is 1. The van der Waals surface area contributed by atoms with Crippen molar-refractivity contribution in [3.05, 3.63) is 137 Å². The zero-order chi connectivity index (χ0) is 25.5. The van der Waals surface area contributed by atoms with Crippen LogP contribution in [0.4, 0.5) is 0 Å². The highest BCUT2D eigenvalue weighted by atomic mass is 16.5. The summed E-state index contributed by atoms with van der Waals surface area (Å²) in [6, 6.07) is 37.5. The third-order valence-electron chi connectivity index (χ3n) is 6.41. The molecule has 0 N–H and O–H groups in total. The minimum Gasteiger partial charge on any atom is -0.497 e. The van der Waals surface area contributed by atoms with Gasteiger partial charge in [0.1, 0.15) is 11.5 Å². The van der Waals surface area contributed by atoms with Crippen LogP contribution >= 0.6 is 0 Å². The van der Waals surface area contributed by atoms with Gasteiger partial charge in [-0.3, -0.25) is 0 Å². The van der Waals surface area contributed by atoms with E-state index in [0.29, 0.717) is 0 Å². The van der Waals surface area contributed by atoms with E-state index in [4.69, 9.17) is 9.47 Å². The third-order valence-corrected chi connectivity index (χ3v) is 6.41. The van der Waals surface area contributed by atoms with Gasteiger partial charge in [-0.1, -0.05) is 78.9 Å². The van der Waals surface area contributed by atoms with Gasteiger partial charge in [-0.2, -0.15) is 5.26 Å². The summed E-state index contributed by atoms with van der Waals surface area (Å²) in [4.78, 5) is 0. The smallest absolute Gasteiger partial charge is 0.118 e. The Morgan fingerprint density at radius 2 is 0.889 bits per heavy atom. The van der Waals surface area contributed by atoms with Crippen molar-refractivity contribution in [2.24, 2.45) is 0 Å². The normalized spacial score (nSPS) is 11.2. The van der Waals surface area contributed by atoms with Crippen LogP contribution in [0.3, 0.4) is 0 Å². The minimum atomic E-state index is 0.721. The van der Waals surface area contributed by atoms with E-state index in [-0.39, 0.29) is 0 Å². The van der Waals surface area contributed by atoms with E-state index >= 15 is 0 Å². The number of hydrogen-bond donors (Lipinski definition) is 0. The molecule has 4 aromatic rings. The van der Waals surface area contributed by atoms with Crippen molar-refractivity contribution in [1.82, 2.24) is 0 Å². The van der Waals surface area contributed by atoms with Gasteiger partial charge in [0.2, 0.25) is 0 Å². The van der Waals surface area contributed by atoms with Crippen LogP contribution in [0.5, 0.6) is 11.5 Å². The summed E-state index contributed by atoms with van der Waals surface area (Å²) in [6.07, 6.45) is 0. The number of rotatable bonds is 7. The van der Waals surface area contributed by atoms with Crippen LogP contribution in [0.2, 0.25) is 0 Å². The fourth-order valence-electron chi connectivity index (χ4n) is 4.22. The van der Waals surface area contributed by atoms with Crippen molar-refractivity contribution in [3.8, 4) is 17.6 Å². The van der Waals surface area contributed by atoms with E-state index in [1.165, 1.54) is 0 Å². The fourth-order valence-corrected chi connectivity index (χ4v) is 4.22. The van der Waals surface area contributed by atoms with Gasteiger partial charge in [-0.05, 0) is 82.6 Å². The van der Waals surface area contributed by atoms with E-state index in [1.807, 2.05) is 44.2 Å². The predicted molar refractivity (Wildman–Crippen MR) is 148 cm³/mol. The van der Waals surface area contributed by atoms with Crippen LogP contribution in [0.15, 0.2) is 109 Å². The van der Waals surface area contributed by atoms with Gasteiger partial charge in [0.15, 0.2) is 0 Å². The molecule has 0 aliphatic heterocycles. The molecule has 0 heterocycles. The lowest BCUT2D eigenvalue weighted by Gasteiger charge is -2.19. The molecule has 4 rings (SSSR count). The molecule has 0 spiro atoms. The zero-order valence-corrected chi connectivity index (χ0v) is 21.1. The topological polar surface area (TPSA) is 42.2 Å². The Morgan fingerprint density at radius 1 is 0.528 bits per heavy atom. The highest BCUT2D eigenvalue weighted by Gasteiger charge is 2.17. The summed E-state index contributed by atoms with van der Waals surface area (Å²) < 4.78 is 10.8. The molecule has 4 aromatic carbocycles. The van der Waals surface area contributed by atoms with E-state index in [2.05, 4.69) is 78.9 Å². The number of ether oxygens (including phenoxy) is 2. The zero-order valence-electron chi connectivity index (χ0n) is 21.1. The molecule has 0 unspecified atom stereocenters. The molecule has 0 atom stereocenters. The maximum absolute atomic E-state index is 9.32. The molecule has 36 heavy (non-hydrogen) atoms. The van der Waals surface area contributed by atoms with Crippen LogP contribution in [-0.4, -0.2) is 14.2 Å². The van der Waals surface area contributed by atoms with Gasteiger partial charge in [0.25, 0.3) is 0 Å². The van der Waals surface area contributed by atoms with Gasteiger partial charge in [0, 0.05) is 5.57 Å². The van der Waals surface area contributed by atoms with Crippen molar-refractivity contribution < 1.29 is 9.47 Å². The lowest BCUT2D eigenvalue weighted by atomic mass is 9.85. The van der Waals surface area contributed by atoms with Crippen LogP contribution in [0.1, 0.15) is 41.7 Å². The van der Waals surface area contributed by atoms with Crippen molar-refractivity contribution in [1.29, 1.82) is 5.26 Å².